The molecule has 35 heavy (non-hydrogen) atoms. The van der Waals surface area contributed by atoms with Crippen LogP contribution in [0.25, 0.3) is 11.1 Å². The molecule has 1 atom stereocenters. The molecular weight excluding hydrogens is 815 g/mol. The molecule has 13 heteroatoms. The molecule has 4 rings (SSSR count). The second-order valence-corrected chi connectivity index (χ2v) is 7.91. The molecule has 1 N–H and O–H groups in total. The molecule has 1 unspecified atom stereocenters. The molecule has 0 aliphatic carbocycles. The number of hydrogen-bond acceptors (Lipinski definition) is 6. The quantitative estimate of drug-likeness (QED) is 0.122. The number of alkyl halides is 2. The van der Waals surface area contributed by atoms with Crippen LogP contribution in [0.5, 0.6) is 0 Å². The summed E-state index contributed by atoms with van der Waals surface area (Å²) in [6.45, 7) is -0.733. The van der Waals surface area contributed by atoms with Crippen LogP contribution in [-0.4, -0.2) is 30.3 Å². The Kier molecular flexibility index (Phi) is 10.7. The molecule has 0 bridgehead atoms. The average Bonchev–Trinajstić information content (AvgIpc) is 3.33. The first-order chi connectivity index (χ1) is 15.8. The zero-order chi connectivity index (χ0) is 23.5. The number of halogens is 4. The van der Waals surface area contributed by atoms with E-state index in [2.05, 4.69) is 26.6 Å². The summed E-state index contributed by atoms with van der Waals surface area (Å²) in [6.07, 6.45) is 2.32. The maximum Gasteiger partial charge on any atom is 0.321 e. The SMILES string of the molecule is OC(Cn1cnnn1)(c1[c-]cc(F)cc1)C(F)(F)c1ccc(-c2ccc(S[CH-]F)cc2)cn1.[Hf].[Hf]. The van der Waals surface area contributed by atoms with Crippen LogP contribution in [0.4, 0.5) is 17.6 Å². The summed E-state index contributed by atoms with van der Waals surface area (Å²) >= 11 is 0.911. The maximum absolute atomic E-state index is 15.7. The van der Waals surface area contributed by atoms with Crippen molar-refractivity contribution < 1.29 is 74.4 Å². The van der Waals surface area contributed by atoms with Crippen LogP contribution >= 0.6 is 11.8 Å². The Balaban J connectivity index is 0.00000216. The molecule has 2 aromatic carbocycles. The molecule has 2 heterocycles. The zero-order valence-electron chi connectivity index (χ0n) is 17.7. The topological polar surface area (TPSA) is 76.7 Å². The third kappa shape index (κ3) is 6.41. The number of tetrazole rings is 1. The number of rotatable bonds is 8. The van der Waals surface area contributed by atoms with E-state index in [1.807, 2.05) is 0 Å². The molecule has 6 nitrogen and oxygen atoms in total. The molecular formula is C22H15F4Hf2N5OS-2. The van der Waals surface area contributed by atoms with E-state index < -0.39 is 29.6 Å². The fourth-order valence-corrected chi connectivity index (χ4v) is 3.64. The van der Waals surface area contributed by atoms with Crippen molar-refractivity contribution in [2.75, 3.05) is 0 Å². The molecule has 0 aliphatic heterocycles. The molecule has 0 aliphatic rings. The predicted molar refractivity (Wildman–Crippen MR) is 112 cm³/mol. The minimum absolute atomic E-state index is 0. The summed E-state index contributed by atoms with van der Waals surface area (Å²) in [7, 11) is 0. The van der Waals surface area contributed by atoms with E-state index in [1.54, 1.807) is 24.3 Å². The number of nitrogens with zero attached hydrogens (tertiary/aromatic N) is 5. The van der Waals surface area contributed by atoms with Crippen LogP contribution in [0, 0.1) is 17.9 Å². The number of pyridine rings is 1. The molecule has 0 amide bonds. The summed E-state index contributed by atoms with van der Waals surface area (Å²) in [5.41, 5.74) is -2.71. The van der Waals surface area contributed by atoms with Gasteiger partial charge in [0.25, 0.3) is 0 Å². The van der Waals surface area contributed by atoms with Gasteiger partial charge in [0.05, 0.1) is 6.54 Å². The van der Waals surface area contributed by atoms with Crippen molar-refractivity contribution in [3.8, 4) is 11.1 Å². The monoisotopic (exact) mass is 833 g/mol. The van der Waals surface area contributed by atoms with E-state index in [0.717, 1.165) is 47.0 Å². The number of aliphatic hydroxyl groups is 1. The Morgan fingerprint density at radius 2 is 1.74 bits per heavy atom. The normalized spacial score (nSPS) is 12.8. The first-order valence-electron chi connectivity index (χ1n) is 9.48. The van der Waals surface area contributed by atoms with E-state index in [9.17, 15) is 13.9 Å². The van der Waals surface area contributed by atoms with E-state index in [4.69, 9.17) is 0 Å². The van der Waals surface area contributed by atoms with Gasteiger partial charge in [0.15, 0.2) is 5.60 Å². The first kappa shape index (κ1) is 29.7. The van der Waals surface area contributed by atoms with Gasteiger partial charge in [-0.05, 0) is 27.0 Å². The summed E-state index contributed by atoms with van der Waals surface area (Å²) in [5.74, 6) is -4.62. The van der Waals surface area contributed by atoms with Gasteiger partial charge in [0.1, 0.15) is 12.0 Å². The van der Waals surface area contributed by atoms with Gasteiger partial charge in [0.2, 0.25) is 0 Å². The molecule has 2 aromatic heterocycles. The average molecular weight is 830 g/mol. The van der Waals surface area contributed by atoms with Gasteiger partial charge in [-0.15, -0.1) is 28.8 Å². The standard InChI is InChI=1S/C22H15F4N5OS.2Hf/c23-13-33-19-8-1-15(2-9-19)16-3-10-20(27-11-16)22(25,26)21(32,12-31-14-28-29-30-31)17-4-6-18(24)7-5-17;;/h1-4,6-11,13-14,32H,12H2;;/q-2;;. The minimum Gasteiger partial charge on any atom is -0.448 e. The van der Waals surface area contributed by atoms with Crippen molar-refractivity contribution in [2.45, 2.75) is 23.0 Å². The molecule has 0 spiro atoms. The molecule has 0 fully saturated rings. The Hall–Kier alpha value is -1.57. The summed E-state index contributed by atoms with van der Waals surface area (Å²) in [6, 6.07) is 15.0. The minimum atomic E-state index is -3.93. The van der Waals surface area contributed by atoms with Gasteiger partial charge in [-0.2, -0.15) is 20.9 Å². The third-order valence-corrected chi connectivity index (χ3v) is 5.61. The summed E-state index contributed by atoms with van der Waals surface area (Å²) in [4.78, 5) is 4.57. The van der Waals surface area contributed by atoms with Crippen LogP contribution < -0.4 is 0 Å². The molecule has 0 saturated carbocycles. The number of thioether (sulfide) groups is 1. The van der Waals surface area contributed by atoms with Crippen molar-refractivity contribution in [3.63, 3.8) is 0 Å². The molecule has 0 radical (unpaired) electrons. The first-order valence-corrected chi connectivity index (χ1v) is 10.4. The van der Waals surface area contributed by atoms with Crippen molar-refractivity contribution >= 4 is 11.8 Å². The van der Waals surface area contributed by atoms with Gasteiger partial charge in [-0.3, -0.25) is 21.1 Å². The van der Waals surface area contributed by atoms with Gasteiger partial charge in [-0.1, -0.05) is 30.3 Å². The number of benzene rings is 2. The van der Waals surface area contributed by atoms with E-state index in [-0.39, 0.29) is 57.3 Å². The van der Waals surface area contributed by atoms with Gasteiger partial charge >= 0.3 is 5.92 Å². The second kappa shape index (κ2) is 12.6. The van der Waals surface area contributed by atoms with Crippen molar-refractivity contribution in [2.24, 2.45) is 0 Å². The Morgan fingerprint density at radius 1 is 1.03 bits per heavy atom. The van der Waals surface area contributed by atoms with Crippen LogP contribution in [0.3, 0.4) is 0 Å². The third-order valence-electron chi connectivity index (χ3n) is 4.98. The second-order valence-electron chi connectivity index (χ2n) is 7.03. The molecule has 0 saturated heterocycles. The van der Waals surface area contributed by atoms with Crippen LogP contribution in [0.1, 0.15) is 11.3 Å². The maximum atomic E-state index is 15.7. The fraction of sp³-hybridized carbons (Fsp3) is 0.136. The largest absolute Gasteiger partial charge is 0.448 e. The van der Waals surface area contributed by atoms with Gasteiger partial charge in [-0.25, -0.2) is 4.68 Å². The van der Waals surface area contributed by atoms with E-state index in [0.29, 0.717) is 22.0 Å². The zero-order valence-corrected chi connectivity index (χ0v) is 25.7. The van der Waals surface area contributed by atoms with Gasteiger partial charge in [0, 0.05) is 69.3 Å². The van der Waals surface area contributed by atoms with Crippen molar-refractivity contribution in [1.82, 2.24) is 25.2 Å². The van der Waals surface area contributed by atoms with Crippen LogP contribution in [0.15, 0.2) is 72.0 Å². The van der Waals surface area contributed by atoms with E-state index >= 15 is 8.78 Å². The molecule has 178 valence electrons. The smallest absolute Gasteiger partial charge is 0.321 e. The van der Waals surface area contributed by atoms with Crippen LogP contribution in [-0.2, 0) is 69.8 Å². The van der Waals surface area contributed by atoms with Gasteiger partial charge < -0.3 is 9.50 Å². The van der Waals surface area contributed by atoms with Crippen molar-refractivity contribution in [1.29, 1.82) is 0 Å². The summed E-state index contributed by atoms with van der Waals surface area (Å²) < 4.78 is 58.0. The fourth-order valence-electron chi connectivity index (χ4n) is 3.24. The van der Waals surface area contributed by atoms with E-state index in [1.165, 1.54) is 12.3 Å². The Labute approximate surface area is 240 Å². The number of aromatic nitrogens is 5. The Morgan fingerprint density at radius 3 is 2.29 bits per heavy atom. The Bertz CT molecular complexity index is 1200. The summed E-state index contributed by atoms with van der Waals surface area (Å²) in [5, 5.41) is 21.5. The van der Waals surface area contributed by atoms with Crippen LogP contribution in [0.2, 0.25) is 0 Å². The van der Waals surface area contributed by atoms with Crippen molar-refractivity contribution in [3.05, 3.63) is 96.3 Å². The number of hydrogen-bond donors (Lipinski definition) is 1. The molecule has 4 aromatic rings. The predicted octanol–water partition coefficient (Wildman–Crippen LogP) is 4.53.